The molecule has 2 amide bonds. The number of sulfonamides is 1. The summed E-state index contributed by atoms with van der Waals surface area (Å²) in [7, 11) is -3.57. The van der Waals surface area contributed by atoms with Crippen molar-refractivity contribution in [2.24, 2.45) is 0 Å². The summed E-state index contributed by atoms with van der Waals surface area (Å²) in [5, 5.41) is 3.32. The first kappa shape index (κ1) is 23.1. The molecule has 0 bridgehead atoms. The summed E-state index contributed by atoms with van der Waals surface area (Å²) in [6.07, 6.45) is 1.03. The van der Waals surface area contributed by atoms with Gasteiger partial charge in [0, 0.05) is 50.4 Å². The molecule has 0 atom stereocenters. The molecule has 2 N–H and O–H groups in total. The van der Waals surface area contributed by atoms with E-state index in [9.17, 15) is 18.0 Å². The number of amides is 2. The number of rotatable bonds is 6. The molecule has 0 aliphatic carbocycles. The van der Waals surface area contributed by atoms with Gasteiger partial charge >= 0.3 is 0 Å². The highest BCUT2D eigenvalue weighted by Crippen LogP contribution is 2.24. The molecule has 0 saturated carbocycles. The molecule has 166 valence electrons. The molecule has 1 heterocycles. The molecule has 10 heteroatoms. The van der Waals surface area contributed by atoms with Crippen LogP contribution in [0.25, 0.3) is 0 Å². The fraction of sp³-hybridized carbons (Fsp3) is 0.333. The van der Waals surface area contributed by atoms with Crippen LogP contribution in [-0.4, -0.2) is 62.5 Å². The standard InChI is InChI=1S/C21H25ClN4O4S/c1-15(27)23-18-7-8-20(24-31(2,29)30)19(13-18)21(28)26-11-9-25(10-12-26)14-16-3-5-17(22)6-4-16/h3-8,13,24H,9-12,14H2,1-2H3,(H,23,27). The lowest BCUT2D eigenvalue weighted by molar-refractivity contribution is -0.114. The van der Waals surface area contributed by atoms with Gasteiger partial charge < -0.3 is 10.2 Å². The van der Waals surface area contributed by atoms with Gasteiger partial charge in [0.05, 0.1) is 17.5 Å². The fourth-order valence-electron chi connectivity index (χ4n) is 3.42. The lowest BCUT2D eigenvalue weighted by atomic mass is 10.1. The Morgan fingerprint density at radius 3 is 2.26 bits per heavy atom. The Kier molecular flexibility index (Phi) is 7.19. The van der Waals surface area contributed by atoms with Gasteiger partial charge in [-0.3, -0.25) is 19.2 Å². The second kappa shape index (κ2) is 9.67. The summed E-state index contributed by atoms with van der Waals surface area (Å²) in [4.78, 5) is 28.5. The van der Waals surface area contributed by atoms with Crippen molar-refractivity contribution < 1.29 is 18.0 Å². The number of hydrogen-bond acceptors (Lipinski definition) is 5. The number of carbonyl (C=O) groups is 2. The highest BCUT2D eigenvalue weighted by atomic mass is 35.5. The van der Waals surface area contributed by atoms with Crippen LogP contribution in [0.3, 0.4) is 0 Å². The number of benzene rings is 2. The van der Waals surface area contributed by atoms with Gasteiger partial charge in [-0.15, -0.1) is 0 Å². The number of hydrogen-bond donors (Lipinski definition) is 2. The van der Waals surface area contributed by atoms with Crippen molar-refractivity contribution in [3.8, 4) is 0 Å². The molecule has 8 nitrogen and oxygen atoms in total. The molecule has 1 aliphatic heterocycles. The maximum Gasteiger partial charge on any atom is 0.256 e. The van der Waals surface area contributed by atoms with Crippen molar-refractivity contribution in [2.45, 2.75) is 13.5 Å². The van der Waals surface area contributed by atoms with Gasteiger partial charge in [0.25, 0.3) is 5.91 Å². The number of nitrogens with one attached hydrogen (secondary N) is 2. The van der Waals surface area contributed by atoms with Crippen molar-refractivity contribution in [1.29, 1.82) is 0 Å². The van der Waals surface area contributed by atoms with Crippen molar-refractivity contribution in [2.75, 3.05) is 42.5 Å². The minimum atomic E-state index is -3.57. The van der Waals surface area contributed by atoms with Crippen molar-refractivity contribution in [1.82, 2.24) is 9.80 Å². The third-order valence-corrected chi connectivity index (χ3v) is 5.69. The van der Waals surface area contributed by atoms with Crippen LogP contribution in [0.2, 0.25) is 5.02 Å². The Bertz CT molecular complexity index is 1070. The second-order valence-corrected chi connectivity index (χ2v) is 9.70. The van der Waals surface area contributed by atoms with E-state index in [2.05, 4.69) is 14.9 Å². The Morgan fingerprint density at radius 1 is 1.03 bits per heavy atom. The zero-order valence-corrected chi connectivity index (χ0v) is 19.0. The van der Waals surface area contributed by atoms with E-state index in [-0.39, 0.29) is 23.1 Å². The van der Waals surface area contributed by atoms with Gasteiger partial charge in [0.2, 0.25) is 15.9 Å². The summed E-state index contributed by atoms with van der Waals surface area (Å²) in [6.45, 7) is 4.52. The smallest absolute Gasteiger partial charge is 0.256 e. The molecule has 2 aromatic carbocycles. The monoisotopic (exact) mass is 464 g/mol. The van der Waals surface area contributed by atoms with E-state index in [0.717, 1.165) is 18.4 Å². The molecule has 0 aromatic heterocycles. The van der Waals surface area contributed by atoms with E-state index in [1.54, 1.807) is 11.0 Å². The predicted molar refractivity (Wildman–Crippen MR) is 122 cm³/mol. The van der Waals surface area contributed by atoms with Gasteiger partial charge in [-0.05, 0) is 35.9 Å². The zero-order valence-electron chi connectivity index (χ0n) is 17.4. The molecule has 3 rings (SSSR count). The fourth-order valence-corrected chi connectivity index (χ4v) is 4.12. The number of piperazine rings is 1. The highest BCUT2D eigenvalue weighted by Gasteiger charge is 2.25. The summed E-state index contributed by atoms with van der Waals surface area (Å²) >= 11 is 5.93. The first-order valence-electron chi connectivity index (χ1n) is 9.76. The molecule has 0 radical (unpaired) electrons. The van der Waals surface area contributed by atoms with Crippen molar-refractivity contribution in [3.05, 3.63) is 58.6 Å². The SMILES string of the molecule is CC(=O)Nc1ccc(NS(C)(=O)=O)c(C(=O)N2CCN(Cc3ccc(Cl)cc3)CC2)c1. The topological polar surface area (TPSA) is 98.8 Å². The average Bonchev–Trinajstić information content (AvgIpc) is 2.69. The van der Waals surface area contributed by atoms with E-state index in [1.807, 2.05) is 24.3 Å². The van der Waals surface area contributed by atoms with Gasteiger partial charge in [0.15, 0.2) is 0 Å². The largest absolute Gasteiger partial charge is 0.336 e. The average molecular weight is 465 g/mol. The number of halogens is 1. The third-order valence-electron chi connectivity index (χ3n) is 4.84. The molecule has 1 aliphatic rings. The number of carbonyl (C=O) groups excluding carboxylic acids is 2. The highest BCUT2D eigenvalue weighted by molar-refractivity contribution is 7.92. The summed E-state index contributed by atoms with van der Waals surface area (Å²) in [5.74, 6) is -0.567. The second-order valence-electron chi connectivity index (χ2n) is 7.51. The molecule has 0 unspecified atom stereocenters. The first-order chi connectivity index (χ1) is 14.6. The van der Waals surface area contributed by atoms with Crippen LogP contribution in [-0.2, 0) is 21.4 Å². The molecular weight excluding hydrogens is 440 g/mol. The minimum Gasteiger partial charge on any atom is -0.336 e. The van der Waals surface area contributed by atoms with E-state index in [0.29, 0.717) is 36.9 Å². The van der Waals surface area contributed by atoms with Crippen LogP contribution in [0.4, 0.5) is 11.4 Å². The van der Waals surface area contributed by atoms with E-state index in [4.69, 9.17) is 11.6 Å². The molecule has 31 heavy (non-hydrogen) atoms. The zero-order chi connectivity index (χ0) is 22.6. The predicted octanol–water partition coefficient (Wildman–Crippen LogP) is 2.63. The van der Waals surface area contributed by atoms with Crippen LogP contribution in [0.1, 0.15) is 22.8 Å². The van der Waals surface area contributed by atoms with Crippen LogP contribution in [0.5, 0.6) is 0 Å². The summed E-state index contributed by atoms with van der Waals surface area (Å²) in [6, 6.07) is 12.2. The lowest BCUT2D eigenvalue weighted by Gasteiger charge is -2.35. The molecule has 0 spiro atoms. The first-order valence-corrected chi connectivity index (χ1v) is 12.0. The van der Waals surface area contributed by atoms with Crippen molar-refractivity contribution in [3.63, 3.8) is 0 Å². The van der Waals surface area contributed by atoms with Crippen LogP contribution < -0.4 is 10.0 Å². The van der Waals surface area contributed by atoms with E-state index >= 15 is 0 Å². The maximum absolute atomic E-state index is 13.2. The number of anilines is 2. The Labute approximate surface area is 187 Å². The summed E-state index contributed by atoms with van der Waals surface area (Å²) < 4.78 is 25.8. The van der Waals surface area contributed by atoms with Gasteiger partial charge in [-0.25, -0.2) is 8.42 Å². The van der Waals surface area contributed by atoms with Gasteiger partial charge in [-0.1, -0.05) is 23.7 Å². The van der Waals surface area contributed by atoms with Crippen LogP contribution >= 0.6 is 11.6 Å². The van der Waals surface area contributed by atoms with Gasteiger partial charge in [0.1, 0.15) is 0 Å². The summed E-state index contributed by atoms with van der Waals surface area (Å²) in [5.41, 5.74) is 1.95. The minimum absolute atomic E-state index is 0.185. The molecule has 2 aromatic rings. The van der Waals surface area contributed by atoms with Crippen LogP contribution in [0, 0.1) is 0 Å². The lowest BCUT2D eigenvalue weighted by Crippen LogP contribution is -2.48. The molecule has 1 saturated heterocycles. The molecule has 1 fully saturated rings. The van der Waals surface area contributed by atoms with Crippen LogP contribution in [0.15, 0.2) is 42.5 Å². The Hall–Kier alpha value is -2.62. The normalized spacial score (nSPS) is 14.9. The quantitative estimate of drug-likeness (QED) is 0.684. The number of nitrogens with zero attached hydrogens (tertiary/aromatic N) is 2. The van der Waals surface area contributed by atoms with E-state index in [1.165, 1.54) is 19.1 Å². The maximum atomic E-state index is 13.2. The third kappa shape index (κ3) is 6.68. The molecular formula is C21H25ClN4O4S. The van der Waals surface area contributed by atoms with E-state index < -0.39 is 10.0 Å². The Morgan fingerprint density at radius 2 is 1.68 bits per heavy atom. The van der Waals surface area contributed by atoms with Crippen molar-refractivity contribution >= 4 is 44.8 Å². The van der Waals surface area contributed by atoms with Gasteiger partial charge in [-0.2, -0.15) is 0 Å². The Balaban J connectivity index is 1.72.